The van der Waals surface area contributed by atoms with Gasteiger partial charge in [0.2, 0.25) is 53.5 Å². The van der Waals surface area contributed by atoms with E-state index in [2.05, 4.69) is 88.7 Å². The largest absolute Gasteiger partial charge is 0.354 e. The maximum Gasteiger partial charge on any atom is 0.232 e. The van der Waals surface area contributed by atoms with E-state index in [1.807, 2.05) is 24.3 Å². The summed E-state index contributed by atoms with van der Waals surface area (Å²) in [4.78, 5) is 58.6. The van der Waals surface area contributed by atoms with Gasteiger partial charge in [0, 0.05) is 98.2 Å². The molecule has 59 heavy (non-hydrogen) atoms. The quantitative estimate of drug-likeness (QED) is 0.157. The molecule has 7 aliphatic rings. The molecule has 0 atom stereocenters. The third-order valence-electron chi connectivity index (χ3n) is 11.3. The molecule has 7 aliphatic heterocycles. The van der Waals surface area contributed by atoms with Crippen molar-refractivity contribution in [1.29, 1.82) is 0 Å². The number of piperazine rings is 3. The van der Waals surface area contributed by atoms with Gasteiger partial charge in [0.05, 0.1) is 0 Å². The van der Waals surface area contributed by atoms with Crippen LogP contribution in [-0.2, 0) is 13.0 Å². The van der Waals surface area contributed by atoms with Gasteiger partial charge in [0.1, 0.15) is 0 Å². The van der Waals surface area contributed by atoms with Crippen LogP contribution in [0, 0.1) is 0 Å². The van der Waals surface area contributed by atoms with E-state index in [0.717, 1.165) is 90.1 Å². The average Bonchev–Trinajstić information content (AvgIpc) is 3.30. The molecular weight excluding hydrogens is 745 g/mol. The van der Waals surface area contributed by atoms with E-state index in [1.165, 1.54) is 5.56 Å². The van der Waals surface area contributed by atoms with Crippen molar-refractivity contribution in [2.45, 2.75) is 39.2 Å². The summed E-state index contributed by atoms with van der Waals surface area (Å²) in [6.45, 7) is 13.0. The number of anilines is 9. The van der Waals surface area contributed by atoms with Gasteiger partial charge in [-0.3, -0.25) is 0 Å². The number of rotatable bonds is 12. The first kappa shape index (κ1) is 38.2. The van der Waals surface area contributed by atoms with Gasteiger partial charge in [0.25, 0.3) is 0 Å². The van der Waals surface area contributed by atoms with Crippen LogP contribution < -0.4 is 45.3 Å². The summed E-state index contributed by atoms with van der Waals surface area (Å²) in [5, 5.41) is 10.5. The summed E-state index contributed by atoms with van der Waals surface area (Å²) < 4.78 is 0. The summed E-state index contributed by atoms with van der Waals surface area (Å²) in [7, 11) is 0. The average molecular weight is 799 g/mol. The molecule has 3 N–H and O–H groups in total. The molecule has 0 radical (unpaired) electrons. The van der Waals surface area contributed by atoms with Crippen LogP contribution in [0.25, 0.3) is 0 Å². The Balaban J connectivity index is 1.03. The fourth-order valence-corrected chi connectivity index (χ4v) is 7.78. The third-order valence-corrected chi connectivity index (χ3v) is 11.3. The summed E-state index contributed by atoms with van der Waals surface area (Å²) in [6, 6.07) is 20.8. The number of hydrogen-bond acceptors (Lipinski definition) is 18. The molecule has 0 aliphatic carbocycles. The van der Waals surface area contributed by atoms with Gasteiger partial charge in [-0.1, -0.05) is 80.4 Å². The first-order chi connectivity index (χ1) is 29.1. The molecule has 10 heterocycles. The normalized spacial score (nSPS) is 16.4. The minimum absolute atomic E-state index is 0.560. The van der Waals surface area contributed by atoms with Crippen LogP contribution in [0.2, 0.25) is 0 Å². The topological polar surface area (TPSA) is 172 Å². The lowest BCUT2D eigenvalue weighted by atomic mass is 10.1. The van der Waals surface area contributed by atoms with E-state index >= 15 is 0 Å². The van der Waals surface area contributed by atoms with Gasteiger partial charge >= 0.3 is 0 Å². The number of aromatic nitrogens is 9. The predicted molar refractivity (Wildman–Crippen MR) is 233 cm³/mol. The Labute approximate surface area is 345 Å². The van der Waals surface area contributed by atoms with Crippen LogP contribution in [0.3, 0.4) is 0 Å². The molecule has 3 aromatic heterocycles. The van der Waals surface area contributed by atoms with Crippen LogP contribution >= 0.6 is 0 Å². The smallest absolute Gasteiger partial charge is 0.232 e. The molecule has 308 valence electrons. The molecule has 5 aromatic rings. The second kappa shape index (κ2) is 18.1. The summed E-state index contributed by atoms with van der Waals surface area (Å²) in [5.74, 6) is 5.81. The minimum Gasteiger partial charge on any atom is -0.354 e. The Bertz CT molecular complexity index is 2120. The van der Waals surface area contributed by atoms with Gasteiger partial charge in [-0.15, -0.1) is 0 Å². The Kier molecular flexibility index (Phi) is 11.7. The van der Waals surface area contributed by atoms with Crippen molar-refractivity contribution in [3.63, 3.8) is 0 Å². The summed E-state index contributed by atoms with van der Waals surface area (Å²) in [6.07, 6.45) is 4.23. The standard InChI is InChI=1S/C41H54N18/c1-2-3-10-16-42-33-45-36-51-37(46-33)55-22-26-58(27-23-55)40-49-35(44-30-32-13-8-5-9-14-32)50-41(53-40)59-28-24-57(25-29-59)39-48-34(43-17-15-31-11-6-4-7-12-31)47-38(52-39)56-20-18-54(36)19-21-56/h4-9,11-14H,2-3,10,15-30H2,1H3,(H,42,45,46,51)(H,43,47,48,52)(H,44,49,50,53). The zero-order valence-electron chi connectivity index (χ0n) is 33.9. The van der Waals surface area contributed by atoms with Crippen LogP contribution in [0.15, 0.2) is 60.7 Å². The van der Waals surface area contributed by atoms with Crippen molar-refractivity contribution < 1.29 is 0 Å². The highest BCUT2D eigenvalue weighted by Crippen LogP contribution is 2.26. The van der Waals surface area contributed by atoms with Crippen molar-refractivity contribution in [3.8, 4) is 0 Å². The molecule has 3 saturated heterocycles. The van der Waals surface area contributed by atoms with E-state index in [-0.39, 0.29) is 0 Å². The van der Waals surface area contributed by atoms with E-state index in [0.29, 0.717) is 92.8 Å². The zero-order valence-corrected chi connectivity index (χ0v) is 33.9. The molecule has 2 aromatic carbocycles. The number of unbranched alkanes of at least 4 members (excludes halogenated alkanes) is 2. The highest BCUT2D eigenvalue weighted by atomic mass is 15.5. The van der Waals surface area contributed by atoms with E-state index in [1.54, 1.807) is 0 Å². The van der Waals surface area contributed by atoms with Crippen molar-refractivity contribution >= 4 is 53.5 Å². The van der Waals surface area contributed by atoms with Crippen LogP contribution in [0.5, 0.6) is 0 Å². The van der Waals surface area contributed by atoms with Gasteiger partial charge in [0.15, 0.2) is 0 Å². The molecule has 3 fully saturated rings. The second-order valence-corrected chi connectivity index (χ2v) is 15.3. The Hall–Kier alpha value is -6.33. The second-order valence-electron chi connectivity index (χ2n) is 15.3. The number of hydrogen-bond donors (Lipinski definition) is 3. The summed E-state index contributed by atoms with van der Waals surface area (Å²) in [5.41, 5.74) is 2.42. The molecule has 0 saturated carbocycles. The first-order valence-corrected chi connectivity index (χ1v) is 21.2. The van der Waals surface area contributed by atoms with Crippen molar-refractivity contribution in [2.75, 3.05) is 137 Å². The number of benzene rings is 2. The van der Waals surface area contributed by atoms with E-state index in [4.69, 9.17) is 44.9 Å². The van der Waals surface area contributed by atoms with Gasteiger partial charge in [-0.2, -0.15) is 44.9 Å². The predicted octanol–water partition coefficient (Wildman–Crippen LogP) is 3.40. The minimum atomic E-state index is 0.560. The SMILES string of the molecule is CCCCCNc1nc2nc(n1)N1CCN(CC1)c1nc(NCc3ccccc3)nc(n1)N1CCN(CC1)c1nc(NCCc3ccccc3)nc(n1)N1CCN2CC1. The van der Waals surface area contributed by atoms with Gasteiger partial charge < -0.3 is 45.3 Å². The Morgan fingerprint density at radius 2 is 0.729 bits per heavy atom. The molecular formula is C41H54N18. The number of nitrogens with one attached hydrogen (secondary N) is 3. The van der Waals surface area contributed by atoms with Crippen molar-refractivity contribution in [3.05, 3.63) is 71.8 Å². The first-order valence-electron chi connectivity index (χ1n) is 21.2. The monoisotopic (exact) mass is 798 g/mol. The highest BCUT2D eigenvalue weighted by molar-refractivity contribution is 5.52. The molecule has 18 heteroatoms. The van der Waals surface area contributed by atoms with Crippen LogP contribution in [-0.4, -0.2) is 136 Å². The fourth-order valence-electron chi connectivity index (χ4n) is 7.78. The molecule has 12 rings (SSSR count). The van der Waals surface area contributed by atoms with Gasteiger partial charge in [-0.05, 0) is 24.0 Å². The lowest BCUT2D eigenvalue weighted by Crippen LogP contribution is -2.49. The highest BCUT2D eigenvalue weighted by Gasteiger charge is 2.29. The zero-order chi connectivity index (χ0) is 39.8. The van der Waals surface area contributed by atoms with Gasteiger partial charge in [-0.25, -0.2) is 0 Å². The summed E-state index contributed by atoms with van der Waals surface area (Å²) >= 11 is 0. The number of fused-ring (bicyclic) bond motifs is 3. The van der Waals surface area contributed by atoms with Crippen LogP contribution in [0.4, 0.5) is 53.5 Å². The molecule has 0 unspecified atom stereocenters. The lowest BCUT2D eigenvalue weighted by molar-refractivity contribution is 0.612. The maximum absolute atomic E-state index is 5.10. The molecule has 18 nitrogen and oxygen atoms in total. The van der Waals surface area contributed by atoms with Crippen molar-refractivity contribution in [2.24, 2.45) is 0 Å². The third kappa shape index (κ3) is 9.37. The maximum atomic E-state index is 5.10. The number of nitrogens with zero attached hydrogens (tertiary/aromatic N) is 15. The van der Waals surface area contributed by atoms with E-state index < -0.39 is 0 Å². The Morgan fingerprint density at radius 1 is 0.390 bits per heavy atom. The lowest BCUT2D eigenvalue weighted by Gasteiger charge is -2.36. The van der Waals surface area contributed by atoms with E-state index in [9.17, 15) is 0 Å². The van der Waals surface area contributed by atoms with Crippen molar-refractivity contribution in [1.82, 2.24) is 44.9 Å². The molecule has 0 amide bonds. The molecule has 0 spiro atoms. The van der Waals surface area contributed by atoms with Crippen LogP contribution in [0.1, 0.15) is 37.3 Å². The fraction of sp³-hybridized carbons (Fsp3) is 0.488. The Morgan fingerprint density at radius 3 is 1.10 bits per heavy atom. The molecule has 12 bridgehead atoms.